The Kier molecular flexibility index (Phi) is 2.85. The Hall–Kier alpha value is -1.91. The van der Waals surface area contributed by atoms with E-state index in [1.807, 2.05) is 4.68 Å². The lowest BCUT2D eigenvalue weighted by Gasteiger charge is -2.00. The van der Waals surface area contributed by atoms with Gasteiger partial charge < -0.3 is 5.11 Å². The first kappa shape index (κ1) is 10.6. The highest BCUT2D eigenvalue weighted by atomic mass is 16.4. The fraction of sp³-hybridized carbons (Fsp3) is 0.364. The number of aromatic nitrogens is 3. The normalized spacial score (nSPS) is 10.8. The Balaban J connectivity index is 2.38. The van der Waals surface area contributed by atoms with Crippen LogP contribution in [0.5, 0.6) is 0 Å². The zero-order valence-electron chi connectivity index (χ0n) is 9.05. The van der Waals surface area contributed by atoms with Crippen LogP contribution in [0.15, 0.2) is 18.2 Å². The minimum absolute atomic E-state index is 0.245. The van der Waals surface area contributed by atoms with Crippen LogP contribution in [0.2, 0.25) is 0 Å². The number of nitrogens with zero attached hydrogens (tertiary/aromatic N) is 3. The van der Waals surface area contributed by atoms with Crippen LogP contribution in [0, 0.1) is 0 Å². The molecule has 5 nitrogen and oxygen atoms in total. The summed E-state index contributed by atoms with van der Waals surface area (Å²) in [7, 11) is 0. The molecule has 0 atom stereocenters. The number of carboxylic acid groups (broad SMARTS) is 1. The number of aryl methyl sites for hydroxylation is 1. The van der Waals surface area contributed by atoms with Crippen molar-refractivity contribution in [1.82, 2.24) is 15.0 Å². The van der Waals surface area contributed by atoms with Gasteiger partial charge in [0.25, 0.3) is 0 Å². The topological polar surface area (TPSA) is 68.0 Å². The van der Waals surface area contributed by atoms with Gasteiger partial charge >= 0.3 is 5.97 Å². The van der Waals surface area contributed by atoms with Gasteiger partial charge in [-0.05, 0) is 24.6 Å². The van der Waals surface area contributed by atoms with Crippen LogP contribution in [0.25, 0.3) is 11.0 Å². The Morgan fingerprint density at radius 1 is 1.50 bits per heavy atom. The summed E-state index contributed by atoms with van der Waals surface area (Å²) in [4.78, 5) is 10.8. The van der Waals surface area contributed by atoms with Crippen molar-refractivity contribution < 1.29 is 9.90 Å². The number of fused-ring (bicyclic) bond motifs is 1. The summed E-state index contributed by atoms with van der Waals surface area (Å²) in [5.41, 5.74) is 1.77. The second kappa shape index (κ2) is 4.30. The van der Waals surface area contributed by atoms with Gasteiger partial charge in [-0.3, -0.25) is 0 Å². The summed E-state index contributed by atoms with van der Waals surface area (Å²) in [5, 5.41) is 16.8. The number of unbranched alkanes of at least 4 members (excludes halogenated alkanes) is 1. The van der Waals surface area contributed by atoms with Gasteiger partial charge in [0.2, 0.25) is 0 Å². The van der Waals surface area contributed by atoms with E-state index in [1.54, 1.807) is 18.2 Å². The maximum absolute atomic E-state index is 10.8. The van der Waals surface area contributed by atoms with Gasteiger partial charge in [-0.15, -0.1) is 5.10 Å². The summed E-state index contributed by atoms with van der Waals surface area (Å²) >= 11 is 0. The van der Waals surface area contributed by atoms with Crippen LogP contribution in [0.4, 0.5) is 0 Å². The first-order valence-corrected chi connectivity index (χ1v) is 5.29. The Morgan fingerprint density at radius 3 is 3.00 bits per heavy atom. The van der Waals surface area contributed by atoms with Crippen molar-refractivity contribution in [1.29, 1.82) is 0 Å². The average Bonchev–Trinajstić information content (AvgIpc) is 2.68. The number of carbonyl (C=O) groups is 1. The van der Waals surface area contributed by atoms with E-state index in [4.69, 9.17) is 5.11 Å². The molecule has 0 fully saturated rings. The van der Waals surface area contributed by atoms with Crippen molar-refractivity contribution in [3.8, 4) is 0 Å². The number of aromatic carboxylic acids is 1. The molecule has 0 saturated heterocycles. The van der Waals surface area contributed by atoms with Crippen molar-refractivity contribution in [2.45, 2.75) is 26.3 Å². The maximum atomic E-state index is 10.8. The summed E-state index contributed by atoms with van der Waals surface area (Å²) < 4.78 is 1.81. The molecule has 0 unspecified atom stereocenters. The lowest BCUT2D eigenvalue weighted by Crippen LogP contribution is -2.00. The number of rotatable bonds is 4. The number of benzene rings is 1. The van der Waals surface area contributed by atoms with E-state index in [-0.39, 0.29) is 5.56 Å². The van der Waals surface area contributed by atoms with Crippen molar-refractivity contribution >= 4 is 17.0 Å². The molecule has 0 aliphatic rings. The average molecular weight is 219 g/mol. The smallest absolute Gasteiger partial charge is 0.335 e. The van der Waals surface area contributed by atoms with Gasteiger partial charge in [-0.25, -0.2) is 9.48 Å². The van der Waals surface area contributed by atoms with E-state index in [2.05, 4.69) is 17.2 Å². The molecule has 1 N–H and O–H groups in total. The molecule has 1 heterocycles. The summed E-state index contributed by atoms with van der Waals surface area (Å²) in [6, 6.07) is 4.89. The molecule has 0 aliphatic heterocycles. The van der Waals surface area contributed by atoms with E-state index < -0.39 is 5.97 Å². The molecule has 0 saturated carbocycles. The van der Waals surface area contributed by atoms with Crippen LogP contribution >= 0.6 is 0 Å². The van der Waals surface area contributed by atoms with Crippen LogP contribution in [-0.4, -0.2) is 26.1 Å². The fourth-order valence-corrected chi connectivity index (χ4v) is 1.58. The van der Waals surface area contributed by atoms with Crippen LogP contribution in [-0.2, 0) is 6.54 Å². The third-order valence-corrected chi connectivity index (χ3v) is 2.48. The molecule has 2 rings (SSSR count). The lowest BCUT2D eigenvalue weighted by atomic mass is 10.2. The van der Waals surface area contributed by atoms with Gasteiger partial charge in [0.1, 0.15) is 5.52 Å². The standard InChI is InChI=1S/C11H13N3O2/c1-2-3-6-14-10-5-4-8(11(15)16)7-9(10)12-13-14/h4-5,7H,2-3,6H2,1H3,(H,15,16). The molecule has 1 aromatic carbocycles. The second-order valence-electron chi connectivity index (χ2n) is 3.67. The van der Waals surface area contributed by atoms with Crippen LogP contribution < -0.4 is 0 Å². The molecule has 5 heteroatoms. The summed E-state index contributed by atoms with van der Waals surface area (Å²) in [5.74, 6) is -0.940. The van der Waals surface area contributed by atoms with Gasteiger partial charge in [-0.2, -0.15) is 0 Å². The quantitative estimate of drug-likeness (QED) is 0.853. The molecule has 0 aliphatic carbocycles. The molecule has 0 amide bonds. The van der Waals surface area contributed by atoms with Gasteiger partial charge in [0, 0.05) is 6.54 Å². The van der Waals surface area contributed by atoms with Gasteiger partial charge in [-0.1, -0.05) is 18.6 Å². The fourth-order valence-electron chi connectivity index (χ4n) is 1.58. The zero-order valence-corrected chi connectivity index (χ0v) is 9.05. The summed E-state index contributed by atoms with van der Waals surface area (Å²) in [6.07, 6.45) is 2.13. The molecular weight excluding hydrogens is 206 g/mol. The van der Waals surface area contributed by atoms with E-state index in [0.29, 0.717) is 5.52 Å². The molecule has 0 bridgehead atoms. The second-order valence-corrected chi connectivity index (χ2v) is 3.67. The third-order valence-electron chi connectivity index (χ3n) is 2.48. The molecule has 84 valence electrons. The largest absolute Gasteiger partial charge is 0.478 e. The minimum Gasteiger partial charge on any atom is -0.478 e. The lowest BCUT2D eigenvalue weighted by molar-refractivity contribution is 0.0697. The number of hydrogen-bond donors (Lipinski definition) is 1. The first-order valence-electron chi connectivity index (χ1n) is 5.29. The van der Waals surface area contributed by atoms with Crippen molar-refractivity contribution in [3.05, 3.63) is 23.8 Å². The first-order chi connectivity index (χ1) is 7.72. The van der Waals surface area contributed by atoms with Crippen molar-refractivity contribution in [2.24, 2.45) is 0 Å². The Bertz CT molecular complexity index is 519. The van der Waals surface area contributed by atoms with Crippen LogP contribution in [0.3, 0.4) is 0 Å². The highest BCUT2D eigenvalue weighted by Gasteiger charge is 2.08. The number of hydrogen-bond acceptors (Lipinski definition) is 3. The molecule has 1 aromatic heterocycles. The van der Waals surface area contributed by atoms with E-state index in [1.165, 1.54) is 0 Å². The van der Waals surface area contributed by atoms with E-state index in [9.17, 15) is 4.79 Å². The minimum atomic E-state index is -0.940. The number of carboxylic acids is 1. The van der Waals surface area contributed by atoms with Crippen molar-refractivity contribution in [2.75, 3.05) is 0 Å². The van der Waals surface area contributed by atoms with E-state index in [0.717, 1.165) is 24.9 Å². The maximum Gasteiger partial charge on any atom is 0.335 e. The van der Waals surface area contributed by atoms with Gasteiger partial charge in [0.15, 0.2) is 0 Å². The monoisotopic (exact) mass is 219 g/mol. The molecule has 16 heavy (non-hydrogen) atoms. The molecule has 0 spiro atoms. The molecule has 0 radical (unpaired) electrons. The predicted molar refractivity (Wildman–Crippen MR) is 59.4 cm³/mol. The SMILES string of the molecule is CCCCn1nnc2cc(C(=O)O)ccc21. The van der Waals surface area contributed by atoms with Crippen LogP contribution in [0.1, 0.15) is 30.1 Å². The Labute approximate surface area is 92.7 Å². The van der Waals surface area contributed by atoms with Crippen molar-refractivity contribution in [3.63, 3.8) is 0 Å². The molecule has 2 aromatic rings. The zero-order chi connectivity index (χ0) is 11.5. The molecular formula is C11H13N3O2. The third kappa shape index (κ3) is 1.88. The Morgan fingerprint density at radius 2 is 2.31 bits per heavy atom. The highest BCUT2D eigenvalue weighted by Crippen LogP contribution is 2.14. The summed E-state index contributed by atoms with van der Waals surface area (Å²) in [6.45, 7) is 2.93. The van der Waals surface area contributed by atoms with E-state index >= 15 is 0 Å². The highest BCUT2D eigenvalue weighted by molar-refractivity contribution is 5.92. The van der Waals surface area contributed by atoms with Gasteiger partial charge in [0.05, 0.1) is 11.1 Å². The predicted octanol–water partition coefficient (Wildman–Crippen LogP) is 1.93.